The number of para-hydroxylation sites is 1. The summed E-state index contributed by atoms with van der Waals surface area (Å²) in [4.78, 5) is 2.07. The first-order valence-electron chi connectivity index (χ1n) is 5.93. The van der Waals surface area contributed by atoms with E-state index in [9.17, 15) is 0 Å². The largest absolute Gasteiger partial charge is 0.379 e. The van der Waals surface area contributed by atoms with Crippen LogP contribution in [0, 0.1) is 0 Å². The Balaban J connectivity index is 2.23. The highest BCUT2D eigenvalue weighted by molar-refractivity contribution is 8.00. The van der Waals surface area contributed by atoms with Crippen molar-refractivity contribution in [2.45, 2.75) is 24.6 Å². The van der Waals surface area contributed by atoms with E-state index in [4.69, 9.17) is 11.6 Å². The number of thioether (sulfide) groups is 1. The average Bonchev–Trinajstić information content (AvgIpc) is 2.64. The maximum absolute atomic E-state index is 6.26. The Morgan fingerprint density at radius 1 is 1.41 bits per heavy atom. The average molecular weight is 271 g/mol. The van der Waals surface area contributed by atoms with Crippen LogP contribution in [0.5, 0.6) is 0 Å². The van der Waals surface area contributed by atoms with Crippen LogP contribution >= 0.6 is 23.4 Å². The first-order chi connectivity index (χ1) is 8.09. The van der Waals surface area contributed by atoms with Gasteiger partial charge < -0.3 is 10.2 Å². The van der Waals surface area contributed by atoms with Gasteiger partial charge in [0.1, 0.15) is 0 Å². The molecule has 0 aliphatic carbocycles. The minimum Gasteiger partial charge on any atom is -0.379 e. The minimum atomic E-state index is 0.553. The van der Waals surface area contributed by atoms with E-state index in [1.807, 2.05) is 38.0 Å². The van der Waals surface area contributed by atoms with E-state index in [1.54, 1.807) is 0 Å². The van der Waals surface area contributed by atoms with Crippen LogP contribution in [0.25, 0.3) is 0 Å². The summed E-state index contributed by atoms with van der Waals surface area (Å²) in [7, 11) is 4.05. The predicted octanol–water partition coefficient (Wildman–Crippen LogP) is 3.71. The fourth-order valence-corrected chi connectivity index (χ4v) is 3.75. The second kappa shape index (κ2) is 5.40. The molecular formula is C13H19ClN2S. The van der Waals surface area contributed by atoms with Gasteiger partial charge in [-0.2, -0.15) is 11.8 Å². The van der Waals surface area contributed by atoms with Crippen LogP contribution in [0.3, 0.4) is 0 Å². The monoisotopic (exact) mass is 270 g/mol. The van der Waals surface area contributed by atoms with Gasteiger partial charge in [-0.1, -0.05) is 24.6 Å². The Morgan fingerprint density at radius 3 is 2.76 bits per heavy atom. The standard InChI is InChI=1S/C13H19ClN2S/c1-9-11(7-8-17-9)15-12-6-4-5-10(14)13(12)16(2)3/h4-6,9,11,15H,7-8H2,1-3H3. The van der Waals surface area contributed by atoms with Crippen LogP contribution in [-0.4, -0.2) is 31.1 Å². The van der Waals surface area contributed by atoms with Crippen molar-refractivity contribution in [1.29, 1.82) is 0 Å². The van der Waals surface area contributed by atoms with Crippen LogP contribution in [0.2, 0.25) is 5.02 Å². The molecule has 0 spiro atoms. The number of anilines is 2. The highest BCUT2D eigenvalue weighted by Gasteiger charge is 2.24. The molecule has 2 atom stereocenters. The molecule has 0 saturated carbocycles. The number of halogens is 1. The van der Waals surface area contributed by atoms with Gasteiger partial charge in [0.05, 0.1) is 16.4 Å². The zero-order chi connectivity index (χ0) is 12.4. The SMILES string of the molecule is CC1SCCC1Nc1cccc(Cl)c1N(C)C. The third kappa shape index (κ3) is 2.83. The molecule has 4 heteroatoms. The van der Waals surface area contributed by atoms with Gasteiger partial charge in [-0.25, -0.2) is 0 Å². The van der Waals surface area contributed by atoms with Crippen molar-refractivity contribution in [3.05, 3.63) is 23.2 Å². The molecule has 2 nitrogen and oxygen atoms in total. The zero-order valence-corrected chi connectivity index (χ0v) is 12.1. The van der Waals surface area contributed by atoms with Crippen LogP contribution < -0.4 is 10.2 Å². The molecule has 1 aromatic carbocycles. The Bertz CT molecular complexity index is 395. The van der Waals surface area contributed by atoms with Gasteiger partial charge in [-0.15, -0.1) is 0 Å². The molecule has 1 heterocycles. The Hall–Kier alpha value is -0.540. The molecule has 94 valence electrons. The van der Waals surface area contributed by atoms with Crippen molar-refractivity contribution in [2.75, 3.05) is 30.1 Å². The fraction of sp³-hybridized carbons (Fsp3) is 0.538. The van der Waals surface area contributed by atoms with Crippen molar-refractivity contribution in [3.8, 4) is 0 Å². The lowest BCUT2D eigenvalue weighted by atomic mass is 10.1. The molecule has 1 aliphatic rings. The molecule has 1 aromatic rings. The van der Waals surface area contributed by atoms with Gasteiger partial charge in [0.15, 0.2) is 0 Å². The molecule has 0 bridgehead atoms. The van der Waals surface area contributed by atoms with Crippen molar-refractivity contribution in [1.82, 2.24) is 0 Å². The molecule has 2 unspecified atom stereocenters. The van der Waals surface area contributed by atoms with Crippen molar-refractivity contribution < 1.29 is 0 Å². The summed E-state index contributed by atoms with van der Waals surface area (Å²) in [6.07, 6.45) is 1.23. The van der Waals surface area contributed by atoms with Gasteiger partial charge in [0, 0.05) is 25.4 Å². The highest BCUT2D eigenvalue weighted by Crippen LogP contribution is 2.36. The van der Waals surface area contributed by atoms with E-state index in [-0.39, 0.29) is 0 Å². The topological polar surface area (TPSA) is 15.3 Å². The quantitative estimate of drug-likeness (QED) is 0.901. The fourth-order valence-electron chi connectivity index (χ4n) is 2.21. The maximum atomic E-state index is 6.26. The summed E-state index contributed by atoms with van der Waals surface area (Å²) >= 11 is 8.29. The van der Waals surface area contributed by atoms with Gasteiger partial charge in [-0.3, -0.25) is 0 Å². The van der Waals surface area contributed by atoms with Gasteiger partial charge in [0.25, 0.3) is 0 Å². The zero-order valence-electron chi connectivity index (χ0n) is 10.5. The third-order valence-corrected chi connectivity index (χ3v) is 4.78. The van der Waals surface area contributed by atoms with E-state index < -0.39 is 0 Å². The number of hydrogen-bond acceptors (Lipinski definition) is 3. The summed E-state index contributed by atoms with van der Waals surface area (Å²) < 4.78 is 0. The Morgan fingerprint density at radius 2 is 2.18 bits per heavy atom. The summed E-state index contributed by atoms with van der Waals surface area (Å²) in [6, 6.07) is 6.60. The molecule has 1 aliphatic heterocycles. The lowest BCUT2D eigenvalue weighted by Crippen LogP contribution is -2.26. The number of nitrogens with one attached hydrogen (secondary N) is 1. The van der Waals surface area contributed by atoms with Crippen LogP contribution in [0.15, 0.2) is 18.2 Å². The first-order valence-corrected chi connectivity index (χ1v) is 7.36. The van der Waals surface area contributed by atoms with E-state index >= 15 is 0 Å². The minimum absolute atomic E-state index is 0.553. The summed E-state index contributed by atoms with van der Waals surface area (Å²) in [5.74, 6) is 1.25. The van der Waals surface area contributed by atoms with Gasteiger partial charge >= 0.3 is 0 Å². The molecule has 1 N–H and O–H groups in total. The Labute approximate surface area is 113 Å². The van der Waals surface area contributed by atoms with E-state index in [2.05, 4.69) is 23.2 Å². The summed E-state index contributed by atoms with van der Waals surface area (Å²) in [5.41, 5.74) is 2.22. The van der Waals surface area contributed by atoms with E-state index in [1.165, 1.54) is 12.2 Å². The third-order valence-electron chi connectivity index (χ3n) is 3.15. The molecule has 2 rings (SSSR count). The van der Waals surface area contributed by atoms with Gasteiger partial charge in [0.2, 0.25) is 0 Å². The first kappa shape index (κ1) is 12.9. The summed E-state index contributed by atoms with van der Waals surface area (Å²) in [6.45, 7) is 2.29. The smallest absolute Gasteiger partial charge is 0.0786 e. The number of nitrogens with zero attached hydrogens (tertiary/aromatic N) is 1. The van der Waals surface area contributed by atoms with Crippen molar-refractivity contribution in [2.24, 2.45) is 0 Å². The molecular weight excluding hydrogens is 252 g/mol. The number of rotatable bonds is 3. The lowest BCUT2D eigenvalue weighted by Gasteiger charge is -2.24. The van der Waals surface area contributed by atoms with Crippen LogP contribution in [0.4, 0.5) is 11.4 Å². The maximum Gasteiger partial charge on any atom is 0.0786 e. The van der Waals surface area contributed by atoms with Crippen molar-refractivity contribution in [3.63, 3.8) is 0 Å². The van der Waals surface area contributed by atoms with E-state index in [0.29, 0.717) is 11.3 Å². The molecule has 0 aromatic heterocycles. The second-order valence-electron chi connectivity index (χ2n) is 4.65. The van der Waals surface area contributed by atoms with Crippen LogP contribution in [0.1, 0.15) is 13.3 Å². The molecule has 0 radical (unpaired) electrons. The Kier molecular flexibility index (Phi) is 4.10. The second-order valence-corrected chi connectivity index (χ2v) is 6.54. The predicted molar refractivity (Wildman–Crippen MR) is 79.7 cm³/mol. The lowest BCUT2D eigenvalue weighted by molar-refractivity contribution is 0.724. The normalized spacial score (nSPS) is 23.8. The highest BCUT2D eigenvalue weighted by atomic mass is 35.5. The van der Waals surface area contributed by atoms with Crippen molar-refractivity contribution >= 4 is 34.7 Å². The van der Waals surface area contributed by atoms with Crippen LogP contribution in [-0.2, 0) is 0 Å². The molecule has 1 fully saturated rings. The molecule has 0 amide bonds. The van der Waals surface area contributed by atoms with Gasteiger partial charge in [-0.05, 0) is 24.3 Å². The summed E-state index contributed by atoms with van der Waals surface area (Å²) in [5, 5.41) is 5.11. The number of benzene rings is 1. The molecule has 17 heavy (non-hydrogen) atoms. The number of hydrogen-bond donors (Lipinski definition) is 1. The molecule has 1 saturated heterocycles. The van der Waals surface area contributed by atoms with E-state index in [0.717, 1.165) is 16.4 Å².